The van der Waals surface area contributed by atoms with Crippen LogP contribution < -0.4 is 0 Å². The van der Waals surface area contributed by atoms with Crippen molar-refractivity contribution in [2.24, 2.45) is 5.92 Å². The number of amides is 2. The molecule has 2 saturated carbocycles. The summed E-state index contributed by atoms with van der Waals surface area (Å²) >= 11 is 6.00. The second kappa shape index (κ2) is 8.96. The van der Waals surface area contributed by atoms with Gasteiger partial charge in [0.05, 0.1) is 24.2 Å². The lowest BCUT2D eigenvalue weighted by molar-refractivity contribution is -0.134. The van der Waals surface area contributed by atoms with Crippen LogP contribution in [0.1, 0.15) is 32.1 Å². The molecule has 2 heterocycles. The molecule has 9 nitrogen and oxygen atoms in total. The fraction of sp³-hybridized carbons (Fsp3) is 0.652. The van der Waals surface area contributed by atoms with Crippen molar-refractivity contribution in [2.75, 3.05) is 39.9 Å². The standard InChI is InChI=1S/C23H30ClN3O6S/c1-25-10-11-26(13-21(25)28)22(29)33-23(8-9-23)20-15-32-14-18(12-16-2-3-16)27(20)34(30,31)19-6-4-17(24)5-7-19/h4-7,16,18,20H,2-3,8-15H2,1H3/t18-,20-/m1/s1. The number of nitrogens with zero attached hydrogens (tertiary/aromatic N) is 3. The van der Waals surface area contributed by atoms with Gasteiger partial charge in [-0.3, -0.25) is 9.69 Å². The molecule has 2 atom stereocenters. The topological polar surface area (TPSA) is 96.5 Å². The quantitative estimate of drug-likeness (QED) is 0.581. The van der Waals surface area contributed by atoms with E-state index in [1.165, 1.54) is 17.0 Å². The Hall–Kier alpha value is -1.88. The van der Waals surface area contributed by atoms with Gasteiger partial charge in [-0.25, -0.2) is 13.2 Å². The molecular weight excluding hydrogens is 482 g/mol. The summed E-state index contributed by atoms with van der Waals surface area (Å²) in [6.07, 6.45) is 3.43. The summed E-state index contributed by atoms with van der Waals surface area (Å²) in [6, 6.07) is 5.21. The number of hydrogen-bond donors (Lipinski definition) is 0. The molecule has 0 unspecified atom stereocenters. The van der Waals surface area contributed by atoms with Crippen LogP contribution in [0.15, 0.2) is 29.2 Å². The third-order valence-electron chi connectivity index (χ3n) is 7.30. The maximum Gasteiger partial charge on any atom is 0.410 e. The Morgan fingerprint density at radius 2 is 1.88 bits per heavy atom. The molecule has 0 radical (unpaired) electrons. The number of rotatable bonds is 6. The SMILES string of the molecule is CN1CCN(C(=O)OC2([C@H]3COC[C@@H](CC4CC4)N3S(=O)(=O)c3ccc(Cl)cc3)CC2)CC1=O. The molecule has 1 aromatic rings. The number of piperazine rings is 1. The zero-order valence-electron chi connectivity index (χ0n) is 19.2. The van der Waals surface area contributed by atoms with Crippen molar-refractivity contribution in [3.8, 4) is 0 Å². The Kier molecular flexibility index (Phi) is 6.29. The summed E-state index contributed by atoms with van der Waals surface area (Å²) in [6.45, 7) is 1.26. The van der Waals surface area contributed by atoms with Gasteiger partial charge in [-0.05, 0) is 49.4 Å². The minimum atomic E-state index is -3.89. The van der Waals surface area contributed by atoms with Crippen LogP contribution in [-0.4, -0.2) is 92.1 Å². The average molecular weight is 512 g/mol. The lowest BCUT2D eigenvalue weighted by atomic mass is 10.0. The first-order valence-electron chi connectivity index (χ1n) is 11.8. The maximum atomic E-state index is 13.9. The largest absolute Gasteiger partial charge is 0.441 e. The van der Waals surface area contributed by atoms with Crippen LogP contribution in [0.5, 0.6) is 0 Å². The molecule has 34 heavy (non-hydrogen) atoms. The highest BCUT2D eigenvalue weighted by Crippen LogP contribution is 2.49. The van der Waals surface area contributed by atoms with E-state index >= 15 is 0 Å². The Morgan fingerprint density at radius 1 is 1.18 bits per heavy atom. The minimum absolute atomic E-state index is 0.0380. The molecule has 0 spiro atoms. The molecule has 2 saturated heterocycles. The van der Waals surface area contributed by atoms with E-state index in [-0.39, 0.29) is 30.0 Å². The number of likely N-dealkylation sites (N-methyl/N-ethyl adjacent to an activating group) is 1. The van der Waals surface area contributed by atoms with E-state index in [9.17, 15) is 18.0 Å². The van der Waals surface area contributed by atoms with Crippen LogP contribution >= 0.6 is 11.6 Å². The molecule has 186 valence electrons. The summed E-state index contributed by atoms with van der Waals surface area (Å²) < 4.78 is 41.2. The van der Waals surface area contributed by atoms with Crippen molar-refractivity contribution in [3.05, 3.63) is 29.3 Å². The molecule has 0 aromatic heterocycles. The summed E-state index contributed by atoms with van der Waals surface area (Å²) in [5.74, 6) is 0.342. The van der Waals surface area contributed by atoms with Gasteiger partial charge >= 0.3 is 6.09 Å². The summed E-state index contributed by atoms with van der Waals surface area (Å²) in [4.78, 5) is 28.2. The maximum absolute atomic E-state index is 13.9. The highest BCUT2D eigenvalue weighted by Gasteiger charge is 2.60. The molecule has 4 aliphatic rings. The number of hydrogen-bond acceptors (Lipinski definition) is 6. The van der Waals surface area contributed by atoms with Crippen LogP contribution in [0.2, 0.25) is 5.02 Å². The van der Waals surface area contributed by atoms with Crippen molar-refractivity contribution in [1.82, 2.24) is 14.1 Å². The zero-order valence-corrected chi connectivity index (χ0v) is 20.8. The smallest absolute Gasteiger partial charge is 0.410 e. The number of ether oxygens (including phenoxy) is 2. The number of halogens is 1. The molecule has 2 aliphatic heterocycles. The van der Waals surface area contributed by atoms with Gasteiger partial charge in [-0.1, -0.05) is 24.4 Å². The van der Waals surface area contributed by atoms with Gasteiger partial charge in [0.2, 0.25) is 15.9 Å². The monoisotopic (exact) mass is 511 g/mol. The fourth-order valence-electron chi connectivity index (χ4n) is 4.88. The molecule has 0 N–H and O–H groups in total. The van der Waals surface area contributed by atoms with Gasteiger partial charge in [-0.2, -0.15) is 4.31 Å². The Morgan fingerprint density at radius 3 is 2.50 bits per heavy atom. The third kappa shape index (κ3) is 4.65. The first-order chi connectivity index (χ1) is 16.2. The molecule has 11 heteroatoms. The van der Waals surface area contributed by atoms with E-state index in [0.29, 0.717) is 43.5 Å². The highest BCUT2D eigenvalue weighted by molar-refractivity contribution is 7.89. The van der Waals surface area contributed by atoms with E-state index in [4.69, 9.17) is 21.1 Å². The molecule has 4 fully saturated rings. The first-order valence-corrected chi connectivity index (χ1v) is 13.6. The second-order valence-electron chi connectivity index (χ2n) is 9.84. The normalized spacial score (nSPS) is 27.5. The van der Waals surface area contributed by atoms with Gasteiger partial charge in [0.25, 0.3) is 0 Å². The lowest BCUT2D eigenvalue weighted by Gasteiger charge is -2.44. The Labute approximate surface area is 205 Å². The molecule has 2 aliphatic carbocycles. The number of carbonyl (C=O) groups excluding carboxylic acids is 2. The summed E-state index contributed by atoms with van der Waals surface area (Å²) in [5, 5.41) is 0.460. The molecular formula is C23H30ClN3O6S. The Bertz CT molecular complexity index is 1060. The van der Waals surface area contributed by atoms with Crippen LogP contribution in [0, 0.1) is 5.92 Å². The molecule has 5 rings (SSSR count). The number of benzene rings is 1. The van der Waals surface area contributed by atoms with Crippen LogP contribution in [0.3, 0.4) is 0 Å². The average Bonchev–Trinajstić information content (AvgIpc) is 3.73. The van der Waals surface area contributed by atoms with Crippen molar-refractivity contribution >= 4 is 33.6 Å². The van der Waals surface area contributed by atoms with E-state index < -0.39 is 27.8 Å². The second-order valence-corrected chi connectivity index (χ2v) is 12.1. The number of morpholine rings is 1. The number of carbonyl (C=O) groups is 2. The summed E-state index contributed by atoms with van der Waals surface area (Å²) in [7, 11) is -2.19. The van der Waals surface area contributed by atoms with Crippen LogP contribution in [0.4, 0.5) is 4.79 Å². The van der Waals surface area contributed by atoms with Crippen molar-refractivity contribution in [2.45, 2.75) is 54.7 Å². The Balaban J connectivity index is 1.41. The molecule has 2 amide bonds. The first kappa shape index (κ1) is 23.8. The van der Waals surface area contributed by atoms with Crippen molar-refractivity contribution in [1.29, 1.82) is 0 Å². The predicted molar refractivity (Wildman–Crippen MR) is 124 cm³/mol. The molecule has 0 bridgehead atoms. The van der Waals surface area contributed by atoms with Crippen LogP contribution in [-0.2, 0) is 24.3 Å². The third-order valence-corrected chi connectivity index (χ3v) is 9.53. The summed E-state index contributed by atoms with van der Waals surface area (Å²) in [5.41, 5.74) is -0.953. The van der Waals surface area contributed by atoms with E-state index in [1.54, 1.807) is 28.4 Å². The predicted octanol–water partition coefficient (Wildman–Crippen LogP) is 2.34. The molecule has 1 aromatic carbocycles. The van der Waals surface area contributed by atoms with Crippen LogP contribution in [0.25, 0.3) is 0 Å². The van der Waals surface area contributed by atoms with E-state index in [2.05, 4.69) is 0 Å². The fourth-order valence-corrected chi connectivity index (χ4v) is 6.86. The van der Waals surface area contributed by atoms with Gasteiger partial charge in [0.1, 0.15) is 12.1 Å². The van der Waals surface area contributed by atoms with Gasteiger partial charge in [-0.15, -0.1) is 0 Å². The highest BCUT2D eigenvalue weighted by atomic mass is 35.5. The van der Waals surface area contributed by atoms with Crippen molar-refractivity contribution in [3.63, 3.8) is 0 Å². The van der Waals surface area contributed by atoms with Gasteiger partial charge in [0, 0.05) is 31.2 Å². The van der Waals surface area contributed by atoms with E-state index in [1.807, 2.05) is 0 Å². The van der Waals surface area contributed by atoms with Crippen molar-refractivity contribution < 1.29 is 27.5 Å². The van der Waals surface area contributed by atoms with Gasteiger partial charge in [0.15, 0.2) is 0 Å². The zero-order chi connectivity index (χ0) is 24.1. The van der Waals surface area contributed by atoms with E-state index in [0.717, 1.165) is 19.3 Å². The number of sulfonamides is 1. The minimum Gasteiger partial charge on any atom is -0.441 e. The van der Waals surface area contributed by atoms with Gasteiger partial charge < -0.3 is 14.4 Å². The lowest BCUT2D eigenvalue weighted by Crippen LogP contribution is -2.61.